The topological polar surface area (TPSA) is 88.5 Å². The van der Waals surface area contributed by atoms with Crippen molar-refractivity contribution in [3.05, 3.63) is 70.9 Å². The van der Waals surface area contributed by atoms with Crippen molar-refractivity contribution in [1.82, 2.24) is 19.3 Å². The van der Waals surface area contributed by atoms with Gasteiger partial charge in [-0.3, -0.25) is 4.79 Å². The fourth-order valence-corrected chi connectivity index (χ4v) is 4.00. The number of carbonyl (C=O) groups is 1. The van der Waals surface area contributed by atoms with Gasteiger partial charge in [-0.05, 0) is 44.0 Å². The molecule has 0 aliphatic carbocycles. The molecule has 0 aliphatic heterocycles. The normalized spacial score (nSPS) is 10.7. The van der Waals surface area contributed by atoms with E-state index in [4.69, 9.17) is 0 Å². The number of nitriles is 1. The van der Waals surface area contributed by atoms with Gasteiger partial charge in [-0.25, -0.2) is 4.39 Å². The van der Waals surface area contributed by atoms with Crippen molar-refractivity contribution >= 4 is 23.5 Å². The lowest BCUT2D eigenvalue weighted by molar-refractivity contribution is -0.113. The number of carbonyl (C=O) groups excluding carboxylic acids is 1. The molecule has 0 spiro atoms. The SMILES string of the molecule is C=CCn1c(C)nnc1SCC(=O)Nc1c(C#N)c(C)c(C)n1Cc1ccc(F)cc1. The molecule has 1 amide bonds. The Hall–Kier alpha value is -3.38. The second-order valence-electron chi connectivity index (χ2n) is 7.02. The Balaban J connectivity index is 1.81. The lowest BCUT2D eigenvalue weighted by atomic mass is 10.2. The van der Waals surface area contributed by atoms with E-state index in [2.05, 4.69) is 28.2 Å². The van der Waals surface area contributed by atoms with Crippen LogP contribution in [0, 0.1) is 37.9 Å². The van der Waals surface area contributed by atoms with Crippen LogP contribution < -0.4 is 5.32 Å². The van der Waals surface area contributed by atoms with Gasteiger partial charge in [-0.1, -0.05) is 30.0 Å². The minimum Gasteiger partial charge on any atom is -0.326 e. The minimum absolute atomic E-state index is 0.111. The van der Waals surface area contributed by atoms with Crippen LogP contribution in [0.25, 0.3) is 0 Å². The van der Waals surface area contributed by atoms with Crippen LogP contribution in [-0.4, -0.2) is 31.0 Å². The predicted octanol–water partition coefficient (Wildman–Crippen LogP) is 3.98. The van der Waals surface area contributed by atoms with E-state index in [1.807, 2.05) is 29.9 Å². The maximum Gasteiger partial charge on any atom is 0.235 e. The number of rotatable bonds is 8. The predicted molar refractivity (Wildman–Crippen MR) is 118 cm³/mol. The molecule has 3 rings (SSSR count). The summed E-state index contributed by atoms with van der Waals surface area (Å²) < 4.78 is 17.0. The van der Waals surface area contributed by atoms with Crippen molar-refractivity contribution < 1.29 is 9.18 Å². The van der Waals surface area contributed by atoms with Gasteiger partial charge in [0.2, 0.25) is 5.91 Å². The Morgan fingerprint density at radius 2 is 1.97 bits per heavy atom. The molecule has 3 aromatic rings. The van der Waals surface area contributed by atoms with Gasteiger partial charge in [0.1, 0.15) is 23.5 Å². The number of hydrogen-bond donors (Lipinski definition) is 1. The summed E-state index contributed by atoms with van der Waals surface area (Å²) in [6.45, 7) is 10.3. The van der Waals surface area contributed by atoms with Crippen LogP contribution in [0.2, 0.25) is 0 Å². The molecule has 0 fully saturated rings. The van der Waals surface area contributed by atoms with E-state index in [1.165, 1.54) is 23.9 Å². The quantitative estimate of drug-likeness (QED) is 0.424. The number of nitrogens with zero attached hydrogens (tertiary/aromatic N) is 5. The van der Waals surface area contributed by atoms with E-state index < -0.39 is 0 Å². The monoisotopic (exact) mass is 438 g/mol. The standard InChI is InChI=1S/C22H23FN6OS/c1-5-10-28-16(4)26-27-22(28)31-13-20(30)25-21-19(11-24)14(2)15(3)29(21)12-17-6-8-18(23)9-7-17/h5-9H,1,10,12-13H2,2-4H3,(H,25,30). The van der Waals surface area contributed by atoms with Gasteiger partial charge in [0.05, 0.1) is 11.3 Å². The van der Waals surface area contributed by atoms with E-state index in [-0.39, 0.29) is 17.5 Å². The van der Waals surface area contributed by atoms with E-state index in [0.717, 1.165) is 22.6 Å². The average Bonchev–Trinajstić information content (AvgIpc) is 3.20. The summed E-state index contributed by atoms with van der Waals surface area (Å²) in [6, 6.07) is 8.34. The number of allylic oxidation sites excluding steroid dienone is 1. The Bertz CT molecular complexity index is 1160. The number of benzene rings is 1. The highest BCUT2D eigenvalue weighted by Crippen LogP contribution is 2.28. The first kappa shape index (κ1) is 22.3. The number of aryl methyl sites for hydroxylation is 1. The summed E-state index contributed by atoms with van der Waals surface area (Å²) in [4.78, 5) is 12.7. The molecule has 2 heterocycles. The molecule has 0 aliphatic rings. The number of halogens is 1. The van der Waals surface area contributed by atoms with Gasteiger partial charge in [0.25, 0.3) is 0 Å². The number of hydrogen-bond acceptors (Lipinski definition) is 5. The van der Waals surface area contributed by atoms with Crippen molar-refractivity contribution in [2.24, 2.45) is 0 Å². The second-order valence-corrected chi connectivity index (χ2v) is 7.97. The van der Waals surface area contributed by atoms with Gasteiger partial charge in [-0.2, -0.15) is 5.26 Å². The van der Waals surface area contributed by atoms with E-state index in [0.29, 0.717) is 29.6 Å². The van der Waals surface area contributed by atoms with Crippen LogP contribution in [0.15, 0.2) is 42.1 Å². The Morgan fingerprint density at radius 1 is 1.26 bits per heavy atom. The molecule has 1 aromatic carbocycles. The summed E-state index contributed by atoms with van der Waals surface area (Å²) in [6.07, 6.45) is 1.74. The van der Waals surface area contributed by atoms with Crippen molar-refractivity contribution in [3.63, 3.8) is 0 Å². The number of amides is 1. The van der Waals surface area contributed by atoms with Crippen LogP contribution in [-0.2, 0) is 17.9 Å². The molecule has 0 radical (unpaired) electrons. The number of thioether (sulfide) groups is 1. The molecule has 0 bridgehead atoms. The molecular weight excluding hydrogens is 415 g/mol. The smallest absolute Gasteiger partial charge is 0.235 e. The molecule has 9 heteroatoms. The maximum absolute atomic E-state index is 13.3. The third-order valence-electron chi connectivity index (χ3n) is 5.00. The minimum atomic E-state index is -0.313. The van der Waals surface area contributed by atoms with Crippen LogP contribution >= 0.6 is 11.8 Å². The van der Waals surface area contributed by atoms with Crippen LogP contribution in [0.4, 0.5) is 10.2 Å². The number of aromatic nitrogens is 4. The molecule has 0 saturated heterocycles. The van der Waals surface area contributed by atoms with Crippen molar-refractivity contribution in [2.75, 3.05) is 11.1 Å². The molecule has 0 unspecified atom stereocenters. The average molecular weight is 439 g/mol. The highest BCUT2D eigenvalue weighted by molar-refractivity contribution is 7.99. The first-order valence-electron chi connectivity index (χ1n) is 9.63. The second kappa shape index (κ2) is 9.62. The highest BCUT2D eigenvalue weighted by Gasteiger charge is 2.20. The molecule has 1 N–H and O–H groups in total. The van der Waals surface area contributed by atoms with Gasteiger partial charge in [0, 0.05) is 18.8 Å². The number of nitrogens with one attached hydrogen (secondary N) is 1. The fourth-order valence-electron chi connectivity index (χ4n) is 3.21. The molecule has 7 nitrogen and oxygen atoms in total. The molecule has 31 heavy (non-hydrogen) atoms. The Morgan fingerprint density at radius 3 is 2.61 bits per heavy atom. The van der Waals surface area contributed by atoms with Crippen molar-refractivity contribution in [1.29, 1.82) is 5.26 Å². The molecule has 0 atom stereocenters. The van der Waals surface area contributed by atoms with Crippen molar-refractivity contribution in [2.45, 2.75) is 39.0 Å². The van der Waals surface area contributed by atoms with Crippen LogP contribution in [0.3, 0.4) is 0 Å². The lowest BCUT2D eigenvalue weighted by Gasteiger charge is -2.13. The zero-order valence-electron chi connectivity index (χ0n) is 17.6. The number of anilines is 1. The fraction of sp³-hybridized carbons (Fsp3) is 0.273. The summed E-state index contributed by atoms with van der Waals surface area (Å²) in [5.74, 6) is 0.724. The highest BCUT2D eigenvalue weighted by atomic mass is 32.2. The van der Waals surface area contributed by atoms with E-state index >= 15 is 0 Å². The maximum atomic E-state index is 13.3. The van der Waals surface area contributed by atoms with E-state index in [1.54, 1.807) is 18.2 Å². The summed E-state index contributed by atoms with van der Waals surface area (Å²) in [5, 5.41) is 21.3. The largest absolute Gasteiger partial charge is 0.326 e. The molecule has 2 aromatic heterocycles. The Labute approximate surface area is 184 Å². The summed E-state index contributed by atoms with van der Waals surface area (Å²) in [5.41, 5.74) is 2.95. The lowest BCUT2D eigenvalue weighted by Crippen LogP contribution is -2.19. The van der Waals surface area contributed by atoms with E-state index in [9.17, 15) is 14.4 Å². The molecule has 0 saturated carbocycles. The third-order valence-corrected chi connectivity index (χ3v) is 5.97. The van der Waals surface area contributed by atoms with Gasteiger partial charge < -0.3 is 14.5 Å². The first-order valence-corrected chi connectivity index (χ1v) is 10.6. The molecule has 160 valence electrons. The van der Waals surface area contributed by atoms with Crippen molar-refractivity contribution in [3.8, 4) is 6.07 Å². The van der Waals surface area contributed by atoms with Gasteiger partial charge in [-0.15, -0.1) is 16.8 Å². The zero-order valence-corrected chi connectivity index (χ0v) is 18.5. The zero-order chi connectivity index (χ0) is 22.5. The Kier molecular flexibility index (Phi) is 6.92. The van der Waals surface area contributed by atoms with Crippen LogP contribution in [0.1, 0.15) is 28.2 Å². The summed E-state index contributed by atoms with van der Waals surface area (Å²) >= 11 is 1.27. The molecular formula is C22H23FN6OS. The third kappa shape index (κ3) is 4.86. The van der Waals surface area contributed by atoms with Gasteiger partial charge in [0.15, 0.2) is 5.16 Å². The van der Waals surface area contributed by atoms with Crippen LogP contribution in [0.5, 0.6) is 0 Å². The summed E-state index contributed by atoms with van der Waals surface area (Å²) in [7, 11) is 0. The van der Waals surface area contributed by atoms with Gasteiger partial charge >= 0.3 is 0 Å². The first-order chi connectivity index (χ1) is 14.8.